The minimum absolute atomic E-state index is 0.506. The van der Waals surface area contributed by atoms with Gasteiger partial charge >= 0.3 is 0 Å². The average molecular weight is 291 g/mol. The fourth-order valence-electron chi connectivity index (χ4n) is 1.79. The maximum Gasteiger partial charge on any atom is 0.125 e. The normalized spacial score (nSPS) is 14.1. The molecule has 16 heavy (non-hydrogen) atoms. The molecule has 0 aliphatic heterocycles. The van der Waals surface area contributed by atoms with Gasteiger partial charge in [-0.1, -0.05) is 13.8 Å². The van der Waals surface area contributed by atoms with Crippen molar-refractivity contribution in [3.63, 3.8) is 0 Å². The van der Waals surface area contributed by atoms with E-state index in [9.17, 15) is 10.2 Å². The summed E-state index contributed by atoms with van der Waals surface area (Å²) in [6.45, 7) is 6.36. The predicted octanol–water partition coefficient (Wildman–Crippen LogP) is 2.25. The Hall–Kier alpha value is -0.390. The Labute approximate surface area is 104 Å². The van der Waals surface area contributed by atoms with E-state index >= 15 is 0 Å². The number of aliphatic hydroxyl groups excluding tert-OH is 1. The average Bonchev–Trinajstić information content (AvgIpc) is 2.68. The zero-order chi connectivity index (χ0) is 12.3. The Morgan fingerprint density at radius 1 is 1.44 bits per heavy atom. The third-order valence-electron chi connectivity index (χ3n) is 3.13. The molecule has 0 fully saturated rings. The van der Waals surface area contributed by atoms with E-state index in [0.29, 0.717) is 25.1 Å². The standard InChI is InChI=1S/C11H19BrN2O2/c1-4-11(16,5-2)10(15)9-8(12)7-13-14(9)6-3/h7,10,15-16H,4-6H2,1-3H3. The molecule has 0 amide bonds. The van der Waals surface area contributed by atoms with Gasteiger partial charge < -0.3 is 10.2 Å². The first-order valence-electron chi connectivity index (χ1n) is 5.61. The third kappa shape index (κ3) is 2.31. The molecule has 92 valence electrons. The number of nitrogens with zero attached hydrogens (tertiary/aromatic N) is 2. The second-order valence-corrected chi connectivity index (χ2v) is 4.76. The monoisotopic (exact) mass is 290 g/mol. The van der Waals surface area contributed by atoms with Crippen molar-refractivity contribution in [3.05, 3.63) is 16.4 Å². The fraction of sp³-hybridized carbons (Fsp3) is 0.727. The highest BCUT2D eigenvalue weighted by Crippen LogP contribution is 2.35. The first kappa shape index (κ1) is 13.7. The van der Waals surface area contributed by atoms with Crippen molar-refractivity contribution in [3.8, 4) is 0 Å². The van der Waals surface area contributed by atoms with Crippen LogP contribution in [0.5, 0.6) is 0 Å². The SMILES string of the molecule is CCn1ncc(Br)c1C(O)C(O)(CC)CC. The van der Waals surface area contributed by atoms with Crippen molar-refractivity contribution in [1.82, 2.24) is 9.78 Å². The van der Waals surface area contributed by atoms with Gasteiger partial charge in [0.2, 0.25) is 0 Å². The molecule has 0 saturated carbocycles. The van der Waals surface area contributed by atoms with Gasteiger partial charge in [0.05, 0.1) is 22.0 Å². The molecule has 1 aromatic heterocycles. The van der Waals surface area contributed by atoms with Gasteiger partial charge in [0.1, 0.15) is 6.10 Å². The summed E-state index contributed by atoms with van der Waals surface area (Å²) in [5.41, 5.74) is -0.441. The number of hydrogen-bond donors (Lipinski definition) is 2. The molecule has 5 heteroatoms. The summed E-state index contributed by atoms with van der Waals surface area (Å²) in [5, 5.41) is 24.7. The first-order chi connectivity index (χ1) is 7.50. The zero-order valence-corrected chi connectivity index (χ0v) is 11.5. The van der Waals surface area contributed by atoms with Gasteiger partial charge in [-0.05, 0) is 35.7 Å². The van der Waals surface area contributed by atoms with Crippen LogP contribution in [0.4, 0.5) is 0 Å². The molecule has 1 heterocycles. The van der Waals surface area contributed by atoms with Crippen molar-refractivity contribution in [2.24, 2.45) is 0 Å². The number of aromatic nitrogens is 2. The highest BCUT2D eigenvalue weighted by Gasteiger charge is 2.36. The topological polar surface area (TPSA) is 58.3 Å². The molecule has 0 aromatic carbocycles. The van der Waals surface area contributed by atoms with E-state index in [0.717, 1.165) is 4.47 Å². The zero-order valence-electron chi connectivity index (χ0n) is 9.94. The van der Waals surface area contributed by atoms with Gasteiger partial charge in [-0.2, -0.15) is 5.10 Å². The molecule has 1 rings (SSSR count). The third-order valence-corrected chi connectivity index (χ3v) is 3.74. The van der Waals surface area contributed by atoms with Crippen LogP contribution in [0, 0.1) is 0 Å². The van der Waals surface area contributed by atoms with E-state index in [1.54, 1.807) is 10.9 Å². The van der Waals surface area contributed by atoms with Crippen molar-refractivity contribution in [2.75, 3.05) is 0 Å². The van der Waals surface area contributed by atoms with Crippen LogP contribution in [0.15, 0.2) is 10.7 Å². The van der Waals surface area contributed by atoms with Gasteiger partial charge in [-0.15, -0.1) is 0 Å². The van der Waals surface area contributed by atoms with Crippen molar-refractivity contribution in [2.45, 2.75) is 51.9 Å². The number of aliphatic hydroxyl groups is 2. The van der Waals surface area contributed by atoms with E-state index in [1.165, 1.54) is 0 Å². The molecule has 1 atom stereocenters. The Bertz CT molecular complexity index is 348. The van der Waals surface area contributed by atoms with Gasteiger partial charge in [0, 0.05) is 6.54 Å². The van der Waals surface area contributed by atoms with Crippen LogP contribution in [-0.4, -0.2) is 25.6 Å². The Morgan fingerprint density at radius 3 is 2.44 bits per heavy atom. The minimum atomic E-state index is -1.09. The van der Waals surface area contributed by atoms with Crippen molar-refractivity contribution < 1.29 is 10.2 Å². The van der Waals surface area contributed by atoms with E-state index < -0.39 is 11.7 Å². The molecule has 0 radical (unpaired) electrons. The highest BCUT2D eigenvalue weighted by molar-refractivity contribution is 9.10. The second-order valence-electron chi connectivity index (χ2n) is 3.91. The number of hydrogen-bond acceptors (Lipinski definition) is 3. The second kappa shape index (κ2) is 5.29. The smallest absolute Gasteiger partial charge is 0.125 e. The molecule has 0 aliphatic rings. The summed E-state index contributed by atoms with van der Waals surface area (Å²) in [4.78, 5) is 0. The van der Waals surface area contributed by atoms with Crippen LogP contribution in [0.1, 0.15) is 45.4 Å². The Balaban J connectivity index is 3.12. The lowest BCUT2D eigenvalue weighted by molar-refractivity contribution is -0.0858. The van der Waals surface area contributed by atoms with Crippen LogP contribution in [0.2, 0.25) is 0 Å². The van der Waals surface area contributed by atoms with Crippen LogP contribution in [0.25, 0.3) is 0 Å². The summed E-state index contributed by atoms with van der Waals surface area (Å²) < 4.78 is 2.44. The molecule has 0 spiro atoms. The lowest BCUT2D eigenvalue weighted by Crippen LogP contribution is -2.36. The van der Waals surface area contributed by atoms with E-state index in [2.05, 4.69) is 21.0 Å². The van der Waals surface area contributed by atoms with Gasteiger partial charge in [0.15, 0.2) is 0 Å². The molecular weight excluding hydrogens is 272 g/mol. The van der Waals surface area contributed by atoms with Crippen LogP contribution >= 0.6 is 15.9 Å². The quantitative estimate of drug-likeness (QED) is 0.874. The van der Waals surface area contributed by atoms with Crippen LogP contribution < -0.4 is 0 Å². The molecule has 4 nitrogen and oxygen atoms in total. The Kier molecular flexibility index (Phi) is 4.52. The number of rotatable bonds is 5. The summed E-state index contributed by atoms with van der Waals surface area (Å²) in [7, 11) is 0. The first-order valence-corrected chi connectivity index (χ1v) is 6.41. The molecule has 0 saturated heterocycles. The van der Waals surface area contributed by atoms with Crippen LogP contribution in [0.3, 0.4) is 0 Å². The molecular formula is C11H19BrN2O2. The van der Waals surface area contributed by atoms with E-state index in [1.807, 2.05) is 20.8 Å². The van der Waals surface area contributed by atoms with Crippen LogP contribution in [-0.2, 0) is 6.54 Å². The molecule has 1 aromatic rings. The highest BCUT2D eigenvalue weighted by atomic mass is 79.9. The summed E-state index contributed by atoms with van der Waals surface area (Å²) >= 11 is 3.35. The molecule has 0 aliphatic carbocycles. The maximum absolute atomic E-state index is 10.3. The largest absolute Gasteiger partial charge is 0.387 e. The van der Waals surface area contributed by atoms with Crippen molar-refractivity contribution >= 4 is 15.9 Å². The number of aryl methyl sites for hydroxylation is 1. The minimum Gasteiger partial charge on any atom is -0.387 e. The van der Waals surface area contributed by atoms with E-state index in [-0.39, 0.29) is 0 Å². The lowest BCUT2D eigenvalue weighted by atomic mass is 9.89. The van der Waals surface area contributed by atoms with E-state index in [4.69, 9.17) is 0 Å². The van der Waals surface area contributed by atoms with Gasteiger partial charge in [0.25, 0.3) is 0 Å². The summed E-state index contributed by atoms with van der Waals surface area (Å²) in [6, 6.07) is 0. The van der Waals surface area contributed by atoms with Gasteiger partial charge in [-0.25, -0.2) is 0 Å². The summed E-state index contributed by atoms with van der Waals surface area (Å²) in [5.74, 6) is 0. The van der Waals surface area contributed by atoms with Gasteiger partial charge in [-0.3, -0.25) is 4.68 Å². The summed E-state index contributed by atoms with van der Waals surface area (Å²) in [6.07, 6.45) is 1.74. The molecule has 2 N–H and O–H groups in total. The number of halogens is 1. The predicted molar refractivity (Wildman–Crippen MR) is 66.1 cm³/mol. The maximum atomic E-state index is 10.3. The molecule has 0 bridgehead atoms. The molecule has 1 unspecified atom stereocenters. The lowest BCUT2D eigenvalue weighted by Gasteiger charge is -2.31. The van der Waals surface area contributed by atoms with Crippen molar-refractivity contribution in [1.29, 1.82) is 0 Å². The Morgan fingerprint density at radius 2 is 2.00 bits per heavy atom. The fourth-order valence-corrected chi connectivity index (χ4v) is 2.30.